The van der Waals surface area contributed by atoms with E-state index in [0.717, 1.165) is 23.8 Å². The Morgan fingerprint density at radius 2 is 1.75 bits per heavy atom. The highest BCUT2D eigenvalue weighted by Crippen LogP contribution is 2.33. The van der Waals surface area contributed by atoms with Crippen LogP contribution < -0.4 is 10.7 Å². The van der Waals surface area contributed by atoms with Crippen molar-refractivity contribution in [2.75, 3.05) is 5.32 Å². The number of thiocarbonyl (C=S) groups is 1. The Kier molecular flexibility index (Phi) is 6.04. The van der Waals surface area contributed by atoms with Gasteiger partial charge in [0.1, 0.15) is 0 Å². The van der Waals surface area contributed by atoms with Crippen LogP contribution in [0.4, 0.5) is 18.9 Å². The molecule has 0 unspecified atom stereocenters. The van der Waals surface area contributed by atoms with Crippen LogP contribution in [0.3, 0.4) is 0 Å². The normalized spacial score (nSPS) is 11.5. The molecule has 0 aromatic heterocycles. The van der Waals surface area contributed by atoms with Crippen LogP contribution in [0.5, 0.6) is 0 Å². The van der Waals surface area contributed by atoms with Gasteiger partial charge in [0.2, 0.25) is 0 Å². The van der Waals surface area contributed by atoms with Gasteiger partial charge in [-0.05, 0) is 48.1 Å². The maximum atomic E-state index is 12.7. The summed E-state index contributed by atoms with van der Waals surface area (Å²) in [6.07, 6.45) is -2.99. The number of nitrogens with one attached hydrogen (secondary N) is 2. The van der Waals surface area contributed by atoms with E-state index in [0.29, 0.717) is 5.02 Å². The molecule has 126 valence electrons. The van der Waals surface area contributed by atoms with Gasteiger partial charge in [0.05, 0.1) is 22.5 Å². The number of anilines is 1. The maximum absolute atomic E-state index is 12.7. The molecular weight excluding hydrogens is 382 g/mol. The van der Waals surface area contributed by atoms with Crippen molar-refractivity contribution in [3.8, 4) is 0 Å². The molecular formula is C15H10Cl2F3N3S. The van der Waals surface area contributed by atoms with Gasteiger partial charge in [-0.2, -0.15) is 18.3 Å². The van der Waals surface area contributed by atoms with Gasteiger partial charge in [-0.25, -0.2) is 0 Å². The molecule has 0 spiro atoms. The molecule has 0 radical (unpaired) electrons. The molecule has 9 heteroatoms. The zero-order chi connectivity index (χ0) is 17.7. The van der Waals surface area contributed by atoms with Gasteiger partial charge >= 0.3 is 6.18 Å². The molecule has 24 heavy (non-hydrogen) atoms. The minimum absolute atomic E-state index is 0.00133. The third-order valence-electron chi connectivity index (χ3n) is 2.79. The van der Waals surface area contributed by atoms with Crippen LogP contribution in [0.1, 0.15) is 11.1 Å². The minimum atomic E-state index is -4.47. The second kappa shape index (κ2) is 7.83. The van der Waals surface area contributed by atoms with Crippen LogP contribution in [0, 0.1) is 0 Å². The summed E-state index contributed by atoms with van der Waals surface area (Å²) in [5, 5.41) is 7.15. The number of nitrogens with zero attached hydrogens (tertiary/aromatic N) is 1. The Bertz CT molecular complexity index is 762. The quantitative estimate of drug-likeness (QED) is 0.421. The van der Waals surface area contributed by atoms with E-state index >= 15 is 0 Å². The summed E-state index contributed by atoms with van der Waals surface area (Å²) < 4.78 is 38.1. The van der Waals surface area contributed by atoms with E-state index in [1.54, 1.807) is 24.3 Å². The van der Waals surface area contributed by atoms with E-state index in [9.17, 15) is 13.2 Å². The zero-order valence-corrected chi connectivity index (χ0v) is 14.2. The largest absolute Gasteiger partial charge is 0.416 e. The Morgan fingerprint density at radius 1 is 1.08 bits per heavy atom. The molecule has 0 fully saturated rings. The van der Waals surface area contributed by atoms with Crippen molar-refractivity contribution in [1.82, 2.24) is 5.43 Å². The van der Waals surface area contributed by atoms with Gasteiger partial charge in [0.25, 0.3) is 0 Å². The first-order chi connectivity index (χ1) is 11.3. The summed E-state index contributed by atoms with van der Waals surface area (Å²) in [5.74, 6) is 0. The molecule has 0 aliphatic heterocycles. The van der Waals surface area contributed by atoms with Gasteiger partial charge in [0.15, 0.2) is 5.11 Å². The highest BCUT2D eigenvalue weighted by atomic mass is 35.5. The summed E-state index contributed by atoms with van der Waals surface area (Å²) in [7, 11) is 0. The summed E-state index contributed by atoms with van der Waals surface area (Å²) in [5.41, 5.74) is 2.47. The lowest BCUT2D eigenvalue weighted by atomic mass is 10.2. The SMILES string of the molecule is FC(F)(F)c1ccc(Cl)c(NC(=S)N/N=C\c2ccc(Cl)cc2)c1. The fourth-order valence-electron chi connectivity index (χ4n) is 1.66. The van der Waals surface area contributed by atoms with Gasteiger partial charge in [-0.1, -0.05) is 35.3 Å². The monoisotopic (exact) mass is 391 g/mol. The van der Waals surface area contributed by atoms with Gasteiger partial charge in [0, 0.05) is 5.02 Å². The van der Waals surface area contributed by atoms with Crippen LogP contribution in [-0.2, 0) is 6.18 Å². The molecule has 3 nitrogen and oxygen atoms in total. The second-order valence-corrected chi connectivity index (χ2v) is 5.82. The van der Waals surface area contributed by atoms with E-state index in [1.165, 1.54) is 6.21 Å². The van der Waals surface area contributed by atoms with Crippen LogP contribution in [0.15, 0.2) is 47.6 Å². The van der Waals surface area contributed by atoms with E-state index in [2.05, 4.69) is 15.8 Å². The molecule has 2 N–H and O–H groups in total. The fraction of sp³-hybridized carbons (Fsp3) is 0.0667. The number of hydrogen-bond acceptors (Lipinski definition) is 2. The topological polar surface area (TPSA) is 36.4 Å². The molecule has 0 aliphatic carbocycles. The van der Waals surface area contributed by atoms with E-state index < -0.39 is 11.7 Å². The highest BCUT2D eigenvalue weighted by molar-refractivity contribution is 7.80. The molecule has 0 amide bonds. The first kappa shape index (κ1) is 18.5. The Balaban J connectivity index is 2.00. The average molecular weight is 392 g/mol. The number of benzene rings is 2. The number of hydrazone groups is 1. The molecule has 0 aliphatic rings. The maximum Gasteiger partial charge on any atom is 0.416 e. The Hall–Kier alpha value is -1.83. The van der Waals surface area contributed by atoms with E-state index in [1.807, 2.05) is 0 Å². The van der Waals surface area contributed by atoms with Crippen molar-refractivity contribution in [3.63, 3.8) is 0 Å². The molecule has 2 aromatic carbocycles. The first-order valence-corrected chi connectivity index (χ1v) is 7.64. The van der Waals surface area contributed by atoms with Crippen molar-refractivity contribution in [1.29, 1.82) is 0 Å². The Labute approximate surface area is 151 Å². The smallest absolute Gasteiger partial charge is 0.330 e. The number of alkyl halides is 3. The third-order valence-corrected chi connectivity index (χ3v) is 3.57. The van der Waals surface area contributed by atoms with Crippen molar-refractivity contribution in [2.45, 2.75) is 6.18 Å². The summed E-state index contributed by atoms with van der Waals surface area (Å²) >= 11 is 16.6. The molecule has 2 rings (SSSR count). The third kappa shape index (κ3) is 5.36. The van der Waals surface area contributed by atoms with Crippen LogP contribution in [0.2, 0.25) is 10.0 Å². The molecule has 0 bridgehead atoms. The number of rotatable bonds is 3. The lowest BCUT2D eigenvalue weighted by Gasteiger charge is -2.12. The molecule has 2 aromatic rings. The second-order valence-electron chi connectivity index (χ2n) is 4.57. The van der Waals surface area contributed by atoms with Crippen molar-refractivity contribution >= 4 is 52.4 Å². The molecule has 0 heterocycles. The molecule has 0 saturated heterocycles. The average Bonchev–Trinajstić information content (AvgIpc) is 2.50. The predicted octanol–water partition coefficient (Wildman–Crippen LogP) is 5.33. The van der Waals surface area contributed by atoms with Crippen LogP contribution in [-0.4, -0.2) is 11.3 Å². The summed E-state index contributed by atoms with van der Waals surface area (Å²) in [4.78, 5) is 0. The first-order valence-electron chi connectivity index (χ1n) is 6.48. The lowest BCUT2D eigenvalue weighted by Crippen LogP contribution is -2.24. The number of halogens is 5. The zero-order valence-electron chi connectivity index (χ0n) is 11.9. The number of hydrogen-bond donors (Lipinski definition) is 2. The molecule has 0 atom stereocenters. The molecule has 0 saturated carbocycles. The highest BCUT2D eigenvalue weighted by Gasteiger charge is 2.31. The van der Waals surface area contributed by atoms with Crippen LogP contribution in [0.25, 0.3) is 0 Å². The van der Waals surface area contributed by atoms with Crippen molar-refractivity contribution in [3.05, 3.63) is 63.6 Å². The summed E-state index contributed by atoms with van der Waals surface area (Å²) in [6.45, 7) is 0. The van der Waals surface area contributed by atoms with Gasteiger partial charge in [-0.3, -0.25) is 5.43 Å². The summed E-state index contributed by atoms with van der Waals surface area (Å²) in [6, 6.07) is 9.79. The van der Waals surface area contributed by atoms with E-state index in [-0.39, 0.29) is 15.8 Å². The van der Waals surface area contributed by atoms with Gasteiger partial charge in [-0.15, -0.1) is 0 Å². The lowest BCUT2D eigenvalue weighted by molar-refractivity contribution is -0.137. The van der Waals surface area contributed by atoms with Crippen LogP contribution >= 0.6 is 35.4 Å². The minimum Gasteiger partial charge on any atom is -0.330 e. The fourth-order valence-corrected chi connectivity index (χ4v) is 2.12. The van der Waals surface area contributed by atoms with Gasteiger partial charge < -0.3 is 5.32 Å². The van der Waals surface area contributed by atoms with E-state index in [4.69, 9.17) is 35.4 Å². The van der Waals surface area contributed by atoms with Crippen molar-refractivity contribution in [2.24, 2.45) is 5.10 Å². The predicted molar refractivity (Wildman–Crippen MR) is 94.9 cm³/mol. The van der Waals surface area contributed by atoms with Crippen molar-refractivity contribution < 1.29 is 13.2 Å². The standard InChI is InChI=1S/C15H10Cl2F3N3S/c16-11-4-1-9(2-5-11)8-21-23-14(24)22-13-7-10(15(18,19)20)3-6-12(13)17/h1-8H,(H2,22,23,24)/b21-8-. The Morgan fingerprint density at radius 3 is 2.38 bits per heavy atom.